The van der Waals surface area contributed by atoms with Crippen molar-refractivity contribution in [2.45, 2.75) is 52.1 Å². The molecule has 0 spiro atoms. The summed E-state index contributed by atoms with van der Waals surface area (Å²) in [7, 11) is 0. The molecule has 0 aromatic carbocycles. The third-order valence-corrected chi connectivity index (χ3v) is 2.92. The zero-order valence-corrected chi connectivity index (χ0v) is 11.4. The quantitative estimate of drug-likeness (QED) is 0.518. The molecule has 98 valence electrons. The van der Waals surface area contributed by atoms with Crippen molar-refractivity contribution in [3.63, 3.8) is 0 Å². The zero-order chi connectivity index (χ0) is 12.3. The molecule has 0 unspecified atom stereocenters. The van der Waals surface area contributed by atoms with Gasteiger partial charge in [0.1, 0.15) is 12.2 Å². The summed E-state index contributed by atoms with van der Waals surface area (Å²) in [4.78, 5) is 4.25. The third kappa shape index (κ3) is 6.03. The van der Waals surface area contributed by atoms with E-state index in [-0.39, 0.29) is 0 Å². The van der Waals surface area contributed by atoms with E-state index in [4.69, 9.17) is 11.6 Å². The predicted molar refractivity (Wildman–Crippen MR) is 71.2 cm³/mol. The van der Waals surface area contributed by atoms with Gasteiger partial charge in [-0.05, 0) is 25.8 Å². The maximum Gasteiger partial charge on any atom is 0.140 e. The largest absolute Gasteiger partial charge is 0.310 e. The fourth-order valence-electron chi connectivity index (χ4n) is 1.72. The van der Waals surface area contributed by atoms with Gasteiger partial charge in [-0.1, -0.05) is 19.8 Å². The first kappa shape index (κ1) is 14.5. The van der Waals surface area contributed by atoms with E-state index in [9.17, 15) is 0 Å². The van der Waals surface area contributed by atoms with Crippen molar-refractivity contribution >= 4 is 11.6 Å². The number of alkyl halides is 1. The molecule has 0 amide bonds. The van der Waals surface area contributed by atoms with Gasteiger partial charge in [-0.3, -0.25) is 0 Å². The molecule has 1 N–H and O–H groups in total. The zero-order valence-electron chi connectivity index (χ0n) is 10.7. The fraction of sp³-hybridized carbons (Fsp3) is 0.833. The first-order chi connectivity index (χ1) is 8.38. The van der Waals surface area contributed by atoms with Gasteiger partial charge in [-0.15, -0.1) is 11.6 Å². The number of aromatic nitrogens is 3. The molecule has 0 fully saturated rings. The summed E-state index contributed by atoms with van der Waals surface area (Å²) < 4.78 is 1.97. The molecule has 1 aromatic rings. The van der Waals surface area contributed by atoms with Gasteiger partial charge in [0.2, 0.25) is 0 Å². The van der Waals surface area contributed by atoms with Crippen LogP contribution in [-0.2, 0) is 13.1 Å². The normalized spacial score (nSPS) is 10.9. The Morgan fingerprint density at radius 2 is 2.12 bits per heavy atom. The summed E-state index contributed by atoms with van der Waals surface area (Å²) in [5.74, 6) is 1.82. The van der Waals surface area contributed by atoms with Crippen molar-refractivity contribution in [3.8, 4) is 0 Å². The standard InChI is InChI=1S/C12H23ClN4/c1-2-9-17-12(15-11-16-17)10-14-8-6-4-3-5-7-13/h11,14H,2-10H2,1H3. The Morgan fingerprint density at radius 3 is 2.88 bits per heavy atom. The van der Waals surface area contributed by atoms with E-state index in [2.05, 4.69) is 22.3 Å². The Kier molecular flexibility index (Phi) is 8.01. The minimum Gasteiger partial charge on any atom is -0.310 e. The van der Waals surface area contributed by atoms with Crippen LogP contribution >= 0.6 is 11.6 Å². The van der Waals surface area contributed by atoms with Crippen LogP contribution in [0.25, 0.3) is 0 Å². The fourth-order valence-corrected chi connectivity index (χ4v) is 1.91. The second-order valence-electron chi connectivity index (χ2n) is 4.18. The van der Waals surface area contributed by atoms with Crippen LogP contribution in [0.15, 0.2) is 6.33 Å². The van der Waals surface area contributed by atoms with Crippen LogP contribution in [0.4, 0.5) is 0 Å². The molecule has 0 aliphatic carbocycles. The van der Waals surface area contributed by atoms with E-state index in [1.165, 1.54) is 19.3 Å². The molecular formula is C12H23ClN4. The number of hydrogen-bond donors (Lipinski definition) is 1. The van der Waals surface area contributed by atoms with Crippen LogP contribution < -0.4 is 5.32 Å². The first-order valence-electron chi connectivity index (χ1n) is 6.51. The van der Waals surface area contributed by atoms with Crippen molar-refractivity contribution in [2.75, 3.05) is 12.4 Å². The minimum absolute atomic E-state index is 0.785. The van der Waals surface area contributed by atoms with E-state index in [0.29, 0.717) is 0 Å². The Labute approximate surface area is 109 Å². The van der Waals surface area contributed by atoms with Crippen molar-refractivity contribution in [1.29, 1.82) is 0 Å². The van der Waals surface area contributed by atoms with E-state index in [1.807, 2.05) is 4.68 Å². The average Bonchev–Trinajstić information content (AvgIpc) is 2.76. The summed E-state index contributed by atoms with van der Waals surface area (Å²) in [5.41, 5.74) is 0. The van der Waals surface area contributed by atoms with Crippen LogP contribution in [0.3, 0.4) is 0 Å². The van der Waals surface area contributed by atoms with Crippen molar-refractivity contribution in [1.82, 2.24) is 20.1 Å². The number of nitrogens with zero attached hydrogens (tertiary/aromatic N) is 3. The van der Waals surface area contributed by atoms with E-state index < -0.39 is 0 Å². The van der Waals surface area contributed by atoms with Crippen molar-refractivity contribution in [3.05, 3.63) is 12.2 Å². The molecule has 4 nitrogen and oxygen atoms in total. The van der Waals surface area contributed by atoms with Crippen LogP contribution in [0.1, 0.15) is 44.9 Å². The number of halogens is 1. The van der Waals surface area contributed by atoms with E-state index >= 15 is 0 Å². The van der Waals surface area contributed by atoms with E-state index in [1.54, 1.807) is 6.33 Å². The molecule has 0 aliphatic rings. The second kappa shape index (κ2) is 9.42. The van der Waals surface area contributed by atoms with Gasteiger partial charge in [0, 0.05) is 12.4 Å². The van der Waals surface area contributed by atoms with Crippen LogP contribution in [0.2, 0.25) is 0 Å². The molecule has 0 atom stereocenters. The highest BCUT2D eigenvalue weighted by molar-refractivity contribution is 6.17. The lowest BCUT2D eigenvalue weighted by atomic mass is 10.2. The average molecular weight is 259 g/mol. The number of unbranched alkanes of at least 4 members (excludes halogenated alkanes) is 3. The molecule has 5 heteroatoms. The maximum absolute atomic E-state index is 5.62. The monoisotopic (exact) mass is 258 g/mol. The minimum atomic E-state index is 0.785. The van der Waals surface area contributed by atoms with Crippen molar-refractivity contribution in [2.24, 2.45) is 0 Å². The third-order valence-electron chi connectivity index (χ3n) is 2.65. The molecule has 0 saturated carbocycles. The van der Waals surface area contributed by atoms with E-state index in [0.717, 1.165) is 44.2 Å². The predicted octanol–water partition coefficient (Wildman–Crippen LogP) is 2.58. The van der Waals surface area contributed by atoms with Crippen molar-refractivity contribution < 1.29 is 0 Å². The molecular weight excluding hydrogens is 236 g/mol. The molecule has 0 bridgehead atoms. The molecule has 1 rings (SSSR count). The van der Waals surface area contributed by atoms with Crippen LogP contribution in [0.5, 0.6) is 0 Å². The van der Waals surface area contributed by atoms with Gasteiger partial charge in [0.25, 0.3) is 0 Å². The molecule has 0 aliphatic heterocycles. The molecule has 0 radical (unpaired) electrons. The topological polar surface area (TPSA) is 42.7 Å². The maximum atomic E-state index is 5.62. The first-order valence-corrected chi connectivity index (χ1v) is 7.05. The van der Waals surface area contributed by atoms with Crippen LogP contribution in [0, 0.1) is 0 Å². The Hall–Kier alpha value is -0.610. The van der Waals surface area contributed by atoms with Gasteiger partial charge >= 0.3 is 0 Å². The Morgan fingerprint density at radius 1 is 1.29 bits per heavy atom. The summed E-state index contributed by atoms with van der Waals surface area (Å²) in [6, 6.07) is 0. The lowest BCUT2D eigenvalue weighted by molar-refractivity contribution is 0.531. The second-order valence-corrected chi connectivity index (χ2v) is 4.56. The lowest BCUT2D eigenvalue weighted by Crippen LogP contribution is -2.18. The van der Waals surface area contributed by atoms with Gasteiger partial charge < -0.3 is 5.32 Å². The van der Waals surface area contributed by atoms with Gasteiger partial charge in [0.15, 0.2) is 0 Å². The smallest absolute Gasteiger partial charge is 0.140 e. The number of hydrogen-bond acceptors (Lipinski definition) is 3. The molecule has 0 saturated heterocycles. The Balaban J connectivity index is 2.07. The summed E-state index contributed by atoms with van der Waals surface area (Å²) in [6.07, 6.45) is 7.55. The number of rotatable bonds is 10. The molecule has 1 aromatic heterocycles. The number of aryl methyl sites for hydroxylation is 1. The summed E-state index contributed by atoms with van der Waals surface area (Å²) >= 11 is 5.62. The Bertz CT molecular complexity index is 288. The van der Waals surface area contributed by atoms with Gasteiger partial charge in [0.05, 0.1) is 6.54 Å². The highest BCUT2D eigenvalue weighted by atomic mass is 35.5. The SMILES string of the molecule is CCCn1ncnc1CNCCCCCCCl. The lowest BCUT2D eigenvalue weighted by Gasteiger charge is -2.06. The van der Waals surface area contributed by atoms with Gasteiger partial charge in [-0.2, -0.15) is 5.10 Å². The summed E-state index contributed by atoms with van der Waals surface area (Å²) in [5, 5.41) is 7.60. The number of nitrogens with one attached hydrogen (secondary N) is 1. The summed E-state index contributed by atoms with van der Waals surface area (Å²) in [6.45, 7) is 4.96. The highest BCUT2D eigenvalue weighted by Gasteiger charge is 2.01. The molecule has 17 heavy (non-hydrogen) atoms. The van der Waals surface area contributed by atoms with Gasteiger partial charge in [-0.25, -0.2) is 9.67 Å². The molecule has 1 heterocycles. The van der Waals surface area contributed by atoms with Crippen LogP contribution in [-0.4, -0.2) is 27.2 Å². The highest BCUT2D eigenvalue weighted by Crippen LogP contribution is 2.00.